The molecule has 1 aromatic rings. The molecule has 166 valence electrons. The van der Waals surface area contributed by atoms with Crippen LogP contribution in [0.15, 0.2) is 35.4 Å². The van der Waals surface area contributed by atoms with Gasteiger partial charge in [-0.05, 0) is 32.3 Å². The fourth-order valence-electron chi connectivity index (χ4n) is 4.31. The van der Waals surface area contributed by atoms with Crippen LogP contribution in [0.1, 0.15) is 32.3 Å². The third kappa shape index (κ3) is 4.85. The number of aliphatic hydroxyl groups is 1. The minimum Gasteiger partial charge on any atom is -0.385 e. The molecular formula is C22H32N2O6. The highest BCUT2D eigenvalue weighted by Gasteiger charge is 2.57. The average Bonchev–Trinajstić information content (AvgIpc) is 3.38. The molecule has 3 fully saturated rings. The third-order valence-corrected chi connectivity index (χ3v) is 5.72. The van der Waals surface area contributed by atoms with Crippen molar-refractivity contribution in [3.8, 4) is 0 Å². The van der Waals surface area contributed by atoms with Gasteiger partial charge in [0.25, 0.3) is 0 Å². The first kappa shape index (κ1) is 21.7. The normalized spacial score (nSPS) is 34.0. The van der Waals surface area contributed by atoms with Gasteiger partial charge in [0.1, 0.15) is 24.4 Å². The Morgan fingerprint density at radius 3 is 2.87 bits per heavy atom. The lowest BCUT2D eigenvalue weighted by Gasteiger charge is -2.28. The fourth-order valence-corrected chi connectivity index (χ4v) is 4.31. The van der Waals surface area contributed by atoms with Gasteiger partial charge < -0.3 is 28.8 Å². The van der Waals surface area contributed by atoms with Gasteiger partial charge >= 0.3 is 0 Å². The van der Waals surface area contributed by atoms with Gasteiger partial charge in [-0.3, -0.25) is 5.01 Å². The first-order valence-electron chi connectivity index (χ1n) is 10.6. The van der Waals surface area contributed by atoms with Crippen LogP contribution >= 0.6 is 0 Å². The Morgan fingerprint density at radius 1 is 1.30 bits per heavy atom. The molecular weight excluding hydrogens is 388 g/mol. The van der Waals surface area contributed by atoms with Crippen molar-refractivity contribution >= 4 is 6.21 Å². The first-order valence-corrected chi connectivity index (χ1v) is 10.6. The molecule has 3 saturated heterocycles. The van der Waals surface area contributed by atoms with E-state index in [1.165, 1.54) is 6.21 Å². The fraction of sp³-hybridized carbons (Fsp3) is 0.682. The molecule has 8 heteroatoms. The molecule has 0 unspecified atom stereocenters. The predicted octanol–water partition coefficient (Wildman–Crippen LogP) is 1.91. The van der Waals surface area contributed by atoms with Gasteiger partial charge in [0.05, 0.1) is 25.5 Å². The maximum Gasteiger partial charge on any atom is 0.190 e. The number of hydrogen-bond acceptors (Lipinski definition) is 8. The van der Waals surface area contributed by atoms with Gasteiger partial charge in [-0.25, -0.2) is 0 Å². The molecule has 0 aliphatic carbocycles. The summed E-state index contributed by atoms with van der Waals surface area (Å²) in [6.07, 6.45) is 0.570. The van der Waals surface area contributed by atoms with Crippen molar-refractivity contribution in [2.75, 3.05) is 20.3 Å². The van der Waals surface area contributed by atoms with Gasteiger partial charge in [0.2, 0.25) is 0 Å². The quantitative estimate of drug-likeness (QED) is 0.644. The number of nitrogens with zero attached hydrogens (tertiary/aromatic N) is 2. The predicted molar refractivity (Wildman–Crippen MR) is 110 cm³/mol. The van der Waals surface area contributed by atoms with E-state index < -0.39 is 36.5 Å². The number of aliphatic hydroxyl groups excluding tert-OH is 1. The number of hydrogen-bond donors (Lipinski definition) is 1. The second-order valence-electron chi connectivity index (χ2n) is 8.50. The van der Waals surface area contributed by atoms with Crippen LogP contribution in [-0.4, -0.2) is 79.1 Å². The second-order valence-corrected chi connectivity index (χ2v) is 8.50. The van der Waals surface area contributed by atoms with Crippen molar-refractivity contribution in [3.05, 3.63) is 35.9 Å². The molecule has 4 rings (SSSR count). The second kappa shape index (κ2) is 9.30. The summed E-state index contributed by atoms with van der Waals surface area (Å²) in [6, 6.07) is 10.1. The number of ether oxygens (including phenoxy) is 5. The van der Waals surface area contributed by atoms with E-state index in [4.69, 9.17) is 23.7 Å². The summed E-state index contributed by atoms with van der Waals surface area (Å²) in [6.45, 7) is 5.56. The summed E-state index contributed by atoms with van der Waals surface area (Å²) in [4.78, 5) is 0. The number of fused-ring (bicyclic) bond motifs is 1. The van der Waals surface area contributed by atoms with Gasteiger partial charge in [0.15, 0.2) is 12.1 Å². The van der Waals surface area contributed by atoms with Crippen LogP contribution in [-0.2, 0) is 30.3 Å². The molecule has 0 amide bonds. The Bertz CT molecular complexity index is 715. The molecule has 8 nitrogen and oxygen atoms in total. The van der Waals surface area contributed by atoms with Crippen molar-refractivity contribution < 1.29 is 28.8 Å². The van der Waals surface area contributed by atoms with E-state index in [1.54, 1.807) is 7.11 Å². The van der Waals surface area contributed by atoms with Crippen LogP contribution in [0, 0.1) is 0 Å². The molecule has 30 heavy (non-hydrogen) atoms. The zero-order valence-corrected chi connectivity index (χ0v) is 17.8. The van der Waals surface area contributed by atoms with Crippen LogP contribution in [0.3, 0.4) is 0 Å². The van der Waals surface area contributed by atoms with Crippen molar-refractivity contribution in [2.24, 2.45) is 5.10 Å². The lowest BCUT2D eigenvalue weighted by Crippen LogP contribution is -2.43. The maximum absolute atomic E-state index is 10.9. The highest BCUT2D eigenvalue weighted by atomic mass is 16.8. The average molecular weight is 421 g/mol. The number of methoxy groups -OCH3 is 1. The molecule has 6 atom stereocenters. The molecule has 0 spiro atoms. The van der Waals surface area contributed by atoms with Gasteiger partial charge in [-0.2, -0.15) is 5.10 Å². The molecule has 3 aliphatic rings. The Hall–Kier alpha value is -1.55. The van der Waals surface area contributed by atoms with E-state index in [0.29, 0.717) is 13.2 Å². The van der Waals surface area contributed by atoms with Crippen LogP contribution in [0.4, 0.5) is 0 Å². The van der Waals surface area contributed by atoms with E-state index in [2.05, 4.69) is 5.10 Å². The number of benzene rings is 1. The smallest absolute Gasteiger partial charge is 0.190 e. The first-order chi connectivity index (χ1) is 14.5. The summed E-state index contributed by atoms with van der Waals surface area (Å²) >= 11 is 0. The molecule has 3 heterocycles. The molecule has 1 aromatic carbocycles. The maximum atomic E-state index is 10.9. The molecule has 0 radical (unpaired) electrons. The summed E-state index contributed by atoms with van der Waals surface area (Å²) < 4.78 is 29.3. The number of hydrazone groups is 1. The third-order valence-electron chi connectivity index (χ3n) is 5.72. The lowest BCUT2D eigenvalue weighted by molar-refractivity contribution is -0.226. The minimum atomic E-state index is -0.949. The number of rotatable bonds is 8. The van der Waals surface area contributed by atoms with Crippen molar-refractivity contribution in [1.82, 2.24) is 5.01 Å². The summed E-state index contributed by atoms with van der Waals surface area (Å²) in [5.74, 6) is -0.753. The Balaban J connectivity index is 1.44. The van der Waals surface area contributed by atoms with Crippen LogP contribution < -0.4 is 0 Å². The Kier molecular flexibility index (Phi) is 6.72. The van der Waals surface area contributed by atoms with E-state index in [-0.39, 0.29) is 6.04 Å². The Labute approximate surface area is 177 Å². The molecule has 1 N–H and O–H groups in total. The van der Waals surface area contributed by atoms with Crippen LogP contribution in [0.5, 0.6) is 0 Å². The van der Waals surface area contributed by atoms with E-state index in [0.717, 1.165) is 24.9 Å². The van der Waals surface area contributed by atoms with Crippen molar-refractivity contribution in [3.63, 3.8) is 0 Å². The highest BCUT2D eigenvalue weighted by Crippen LogP contribution is 2.39. The highest BCUT2D eigenvalue weighted by molar-refractivity contribution is 5.63. The molecule has 0 saturated carbocycles. The van der Waals surface area contributed by atoms with E-state index in [1.807, 2.05) is 49.2 Å². The SMILES string of the molecule is COC[C@@H]1CCCN1/N=C/[C@@H](O)[C@H]1O[C@@H]2OC(C)(C)O[C@@H]2[C@H]1OCc1ccccc1. The molecule has 0 aromatic heterocycles. The minimum absolute atomic E-state index is 0.236. The van der Waals surface area contributed by atoms with Gasteiger partial charge in [0, 0.05) is 13.7 Å². The zero-order valence-electron chi connectivity index (χ0n) is 17.8. The van der Waals surface area contributed by atoms with Crippen LogP contribution in [0.2, 0.25) is 0 Å². The Morgan fingerprint density at radius 2 is 2.10 bits per heavy atom. The summed E-state index contributed by atoms with van der Waals surface area (Å²) in [5.41, 5.74) is 1.04. The van der Waals surface area contributed by atoms with Crippen molar-refractivity contribution in [2.45, 2.75) is 75.8 Å². The zero-order chi connectivity index (χ0) is 21.1. The van der Waals surface area contributed by atoms with E-state index in [9.17, 15) is 5.11 Å². The lowest BCUT2D eigenvalue weighted by atomic mass is 10.1. The summed E-state index contributed by atoms with van der Waals surface area (Å²) in [7, 11) is 1.69. The van der Waals surface area contributed by atoms with E-state index >= 15 is 0 Å². The van der Waals surface area contributed by atoms with Gasteiger partial charge in [-0.1, -0.05) is 30.3 Å². The van der Waals surface area contributed by atoms with Crippen molar-refractivity contribution in [1.29, 1.82) is 0 Å². The standard InChI is InChI=1S/C22H32N2O6/c1-22(2)29-20-19(27-13-15-8-5-4-6-9-15)18(28-21(20)30-22)17(25)12-23-24-11-7-10-16(24)14-26-3/h4-6,8-9,12,16-21,25H,7,10-11,13-14H2,1-3H3/b23-12+/t16-,17+,18+,19-,20+,21+/m0/s1. The summed E-state index contributed by atoms with van der Waals surface area (Å²) in [5, 5.41) is 17.3. The largest absolute Gasteiger partial charge is 0.385 e. The molecule has 3 aliphatic heterocycles. The van der Waals surface area contributed by atoms with Gasteiger partial charge in [-0.15, -0.1) is 0 Å². The molecule has 0 bridgehead atoms. The monoisotopic (exact) mass is 420 g/mol. The topological polar surface area (TPSA) is 82.0 Å². The van der Waals surface area contributed by atoms with Crippen LogP contribution in [0.25, 0.3) is 0 Å².